The number of benzene rings is 1. The Labute approximate surface area is 201 Å². The number of nitrogens with zero attached hydrogens (tertiary/aromatic N) is 3. The van der Waals surface area contributed by atoms with Gasteiger partial charge in [-0.05, 0) is 56.2 Å². The van der Waals surface area contributed by atoms with Gasteiger partial charge in [0.05, 0.1) is 13.2 Å². The van der Waals surface area contributed by atoms with Gasteiger partial charge < -0.3 is 20.1 Å². The number of urea groups is 1. The summed E-state index contributed by atoms with van der Waals surface area (Å²) in [7, 11) is -2.24. The van der Waals surface area contributed by atoms with Crippen molar-refractivity contribution in [2.45, 2.75) is 50.8 Å². The summed E-state index contributed by atoms with van der Waals surface area (Å²) in [6, 6.07) is 7.81. The third kappa shape index (κ3) is 5.68. The van der Waals surface area contributed by atoms with Crippen molar-refractivity contribution in [2.24, 2.45) is 5.92 Å². The third-order valence-corrected chi connectivity index (χ3v) is 7.91. The van der Waals surface area contributed by atoms with Gasteiger partial charge in [0.2, 0.25) is 10.0 Å². The van der Waals surface area contributed by atoms with Crippen LogP contribution in [-0.2, 0) is 10.0 Å². The SMILES string of the molecule is CC(C)NC(=O)N(C)C[C@H]1Oc2cc(-c3ccncc3)ccc2S(=O)(=O)N([C@@H](C)CO)C[C@@H]1C. The van der Waals surface area contributed by atoms with Crippen LogP contribution in [0.4, 0.5) is 4.79 Å². The number of hydrogen-bond donors (Lipinski definition) is 2. The van der Waals surface area contributed by atoms with E-state index in [1.54, 1.807) is 49.5 Å². The Kier molecular flexibility index (Phi) is 8.17. The van der Waals surface area contributed by atoms with E-state index in [9.17, 15) is 18.3 Å². The monoisotopic (exact) mass is 490 g/mol. The number of rotatable bonds is 6. The van der Waals surface area contributed by atoms with Crippen LogP contribution in [0, 0.1) is 5.92 Å². The number of nitrogens with one attached hydrogen (secondary N) is 1. The molecule has 3 atom stereocenters. The van der Waals surface area contributed by atoms with Crippen LogP contribution in [0.3, 0.4) is 0 Å². The highest BCUT2D eigenvalue weighted by Crippen LogP contribution is 2.36. The quantitative estimate of drug-likeness (QED) is 0.644. The van der Waals surface area contributed by atoms with Crippen LogP contribution in [0.15, 0.2) is 47.6 Å². The molecule has 0 saturated heterocycles. The molecule has 2 aromatic rings. The number of fused-ring (bicyclic) bond motifs is 1. The van der Waals surface area contributed by atoms with E-state index in [4.69, 9.17) is 4.74 Å². The molecule has 0 bridgehead atoms. The molecule has 34 heavy (non-hydrogen) atoms. The zero-order valence-electron chi connectivity index (χ0n) is 20.3. The molecule has 2 N–H and O–H groups in total. The van der Waals surface area contributed by atoms with Crippen molar-refractivity contribution in [3.05, 3.63) is 42.7 Å². The van der Waals surface area contributed by atoms with Gasteiger partial charge >= 0.3 is 6.03 Å². The fourth-order valence-corrected chi connectivity index (χ4v) is 5.70. The topological polar surface area (TPSA) is 112 Å². The molecule has 0 fully saturated rings. The van der Waals surface area contributed by atoms with Gasteiger partial charge in [-0.25, -0.2) is 13.2 Å². The molecule has 1 aliphatic rings. The second kappa shape index (κ2) is 10.7. The number of carbonyl (C=O) groups is 1. The molecule has 10 heteroatoms. The first kappa shape index (κ1) is 25.9. The van der Waals surface area contributed by atoms with Gasteiger partial charge in [-0.2, -0.15) is 4.31 Å². The maximum absolute atomic E-state index is 13.6. The maximum Gasteiger partial charge on any atom is 0.317 e. The Morgan fingerprint density at radius 3 is 2.53 bits per heavy atom. The summed E-state index contributed by atoms with van der Waals surface area (Å²) in [5, 5.41) is 12.6. The molecule has 3 rings (SSSR count). The van der Waals surface area contributed by atoms with Crippen molar-refractivity contribution in [3.8, 4) is 16.9 Å². The highest BCUT2D eigenvalue weighted by atomic mass is 32.2. The number of likely N-dealkylation sites (N-methyl/N-ethyl adjacent to an activating group) is 1. The number of ether oxygens (including phenoxy) is 1. The Bertz CT molecular complexity index is 1090. The average Bonchev–Trinajstić information content (AvgIpc) is 2.80. The van der Waals surface area contributed by atoms with Crippen LogP contribution in [-0.4, -0.2) is 78.7 Å². The summed E-state index contributed by atoms with van der Waals surface area (Å²) in [5.41, 5.74) is 1.66. The van der Waals surface area contributed by atoms with Gasteiger partial charge in [-0.3, -0.25) is 4.98 Å². The minimum Gasteiger partial charge on any atom is -0.487 e. The van der Waals surface area contributed by atoms with Crippen molar-refractivity contribution in [1.82, 2.24) is 19.5 Å². The minimum absolute atomic E-state index is 0.0136. The molecule has 2 amide bonds. The lowest BCUT2D eigenvalue weighted by molar-refractivity contribution is 0.0810. The minimum atomic E-state index is -3.93. The fraction of sp³-hybridized carbons (Fsp3) is 0.500. The van der Waals surface area contributed by atoms with Gasteiger partial charge in [0.25, 0.3) is 0 Å². The van der Waals surface area contributed by atoms with Gasteiger partial charge in [0.15, 0.2) is 0 Å². The summed E-state index contributed by atoms with van der Waals surface area (Å²) in [6.07, 6.45) is 2.86. The highest BCUT2D eigenvalue weighted by molar-refractivity contribution is 7.89. The smallest absolute Gasteiger partial charge is 0.317 e. The Morgan fingerprint density at radius 1 is 1.24 bits per heavy atom. The number of amides is 2. The molecule has 2 heterocycles. The van der Waals surface area contributed by atoms with E-state index in [0.717, 1.165) is 11.1 Å². The molecule has 1 aromatic heterocycles. The first-order chi connectivity index (χ1) is 16.0. The van der Waals surface area contributed by atoms with Crippen molar-refractivity contribution >= 4 is 16.1 Å². The highest BCUT2D eigenvalue weighted by Gasteiger charge is 2.38. The van der Waals surface area contributed by atoms with Crippen LogP contribution in [0.5, 0.6) is 5.75 Å². The number of pyridine rings is 1. The molecule has 186 valence electrons. The Balaban J connectivity index is 2.06. The number of aliphatic hydroxyl groups excluding tert-OH is 1. The third-order valence-electron chi connectivity index (χ3n) is 5.89. The largest absolute Gasteiger partial charge is 0.487 e. The second-order valence-corrected chi connectivity index (χ2v) is 11.0. The van der Waals surface area contributed by atoms with Gasteiger partial charge in [-0.1, -0.05) is 13.0 Å². The fourth-order valence-electron chi connectivity index (χ4n) is 3.88. The van der Waals surface area contributed by atoms with E-state index in [2.05, 4.69) is 10.3 Å². The van der Waals surface area contributed by atoms with Crippen LogP contribution in [0.25, 0.3) is 11.1 Å². The lowest BCUT2D eigenvalue weighted by Gasteiger charge is -2.37. The number of carbonyl (C=O) groups excluding carboxylic acids is 1. The van der Waals surface area contributed by atoms with E-state index in [-0.39, 0.29) is 48.3 Å². The zero-order chi connectivity index (χ0) is 25.0. The molecule has 0 aliphatic carbocycles. The zero-order valence-corrected chi connectivity index (χ0v) is 21.1. The lowest BCUT2D eigenvalue weighted by atomic mass is 10.0. The van der Waals surface area contributed by atoms with E-state index < -0.39 is 22.2 Å². The number of aromatic nitrogens is 1. The molecular formula is C24H34N4O5S. The number of sulfonamides is 1. The summed E-state index contributed by atoms with van der Waals surface area (Å²) in [4.78, 5) is 18.1. The van der Waals surface area contributed by atoms with Crippen LogP contribution >= 0.6 is 0 Å². The molecule has 0 saturated carbocycles. The van der Waals surface area contributed by atoms with Crippen molar-refractivity contribution in [2.75, 3.05) is 26.7 Å². The molecule has 0 spiro atoms. The summed E-state index contributed by atoms with van der Waals surface area (Å²) >= 11 is 0. The summed E-state index contributed by atoms with van der Waals surface area (Å²) < 4.78 is 34.8. The predicted octanol–water partition coefficient (Wildman–Crippen LogP) is 2.57. The van der Waals surface area contributed by atoms with Crippen molar-refractivity contribution < 1.29 is 23.1 Å². The second-order valence-electron chi connectivity index (χ2n) is 9.12. The standard InChI is InChI=1S/C24H34N4O5S/c1-16(2)26-24(30)27(5)14-22-17(3)13-28(18(4)15-29)34(31,32)23-7-6-20(12-21(23)33-22)19-8-10-25-11-9-19/h6-12,16-18,22,29H,13-15H2,1-5H3,(H,26,30)/t17-,18-,22+/m0/s1. The van der Waals surface area contributed by atoms with Crippen LogP contribution in [0.1, 0.15) is 27.7 Å². The van der Waals surface area contributed by atoms with Gasteiger partial charge in [-0.15, -0.1) is 0 Å². The summed E-state index contributed by atoms with van der Waals surface area (Å²) in [5.74, 6) is -0.0329. The lowest BCUT2D eigenvalue weighted by Crippen LogP contribution is -2.51. The van der Waals surface area contributed by atoms with Gasteiger partial charge in [0, 0.05) is 44.0 Å². The van der Waals surface area contributed by atoms with E-state index >= 15 is 0 Å². The molecule has 0 radical (unpaired) electrons. The summed E-state index contributed by atoms with van der Waals surface area (Å²) in [6.45, 7) is 7.45. The van der Waals surface area contributed by atoms with Crippen LogP contribution < -0.4 is 10.1 Å². The average molecular weight is 491 g/mol. The van der Waals surface area contributed by atoms with E-state index in [1.807, 2.05) is 32.9 Å². The first-order valence-corrected chi connectivity index (χ1v) is 12.8. The van der Waals surface area contributed by atoms with E-state index in [0.29, 0.717) is 0 Å². The Morgan fingerprint density at radius 2 is 1.91 bits per heavy atom. The normalized spacial score (nSPS) is 21.0. The Hall–Kier alpha value is -2.69. The van der Waals surface area contributed by atoms with Gasteiger partial charge in [0.1, 0.15) is 16.7 Å². The first-order valence-electron chi connectivity index (χ1n) is 11.4. The maximum atomic E-state index is 13.6. The molecular weight excluding hydrogens is 456 g/mol. The number of aliphatic hydroxyl groups is 1. The molecule has 0 unspecified atom stereocenters. The molecule has 1 aromatic carbocycles. The van der Waals surface area contributed by atoms with Crippen LogP contribution in [0.2, 0.25) is 0 Å². The van der Waals surface area contributed by atoms with Crippen molar-refractivity contribution in [3.63, 3.8) is 0 Å². The van der Waals surface area contributed by atoms with E-state index in [1.165, 1.54) is 4.31 Å². The number of hydrogen-bond acceptors (Lipinski definition) is 6. The predicted molar refractivity (Wildman–Crippen MR) is 130 cm³/mol. The van der Waals surface area contributed by atoms with Crippen molar-refractivity contribution in [1.29, 1.82) is 0 Å². The molecule has 9 nitrogen and oxygen atoms in total. The molecule has 1 aliphatic heterocycles.